The van der Waals surface area contributed by atoms with Gasteiger partial charge in [-0.1, -0.05) is 6.07 Å². The summed E-state index contributed by atoms with van der Waals surface area (Å²) in [6.07, 6.45) is 1.55. The number of carbonyl (C=O) groups excluding carboxylic acids is 1. The number of amides is 1. The smallest absolute Gasteiger partial charge is 0.241 e. The van der Waals surface area contributed by atoms with Gasteiger partial charge in [0.15, 0.2) is 0 Å². The zero-order valence-electron chi connectivity index (χ0n) is 13.2. The van der Waals surface area contributed by atoms with Gasteiger partial charge in [0, 0.05) is 19.2 Å². The number of nitrogens with zero attached hydrogens (tertiary/aromatic N) is 3. The Balaban J connectivity index is 2.23. The van der Waals surface area contributed by atoms with Crippen molar-refractivity contribution in [3.8, 4) is 0 Å². The van der Waals surface area contributed by atoms with Crippen LogP contribution in [0.4, 0.5) is 5.69 Å². The summed E-state index contributed by atoms with van der Waals surface area (Å²) in [7, 11) is -3.73. The Bertz CT molecular complexity index is 814. The van der Waals surface area contributed by atoms with Crippen molar-refractivity contribution in [3.05, 3.63) is 35.9 Å². The molecule has 124 valence electrons. The molecule has 0 fully saturated rings. The Hall–Kier alpha value is -2.26. The number of benzene rings is 1. The van der Waals surface area contributed by atoms with E-state index in [4.69, 9.17) is 0 Å². The third kappa shape index (κ3) is 4.14. The highest BCUT2D eigenvalue weighted by Gasteiger charge is 2.18. The lowest BCUT2D eigenvalue weighted by Gasteiger charge is -2.11. The second kappa shape index (κ2) is 6.88. The van der Waals surface area contributed by atoms with Crippen LogP contribution in [0.2, 0.25) is 0 Å². The fourth-order valence-corrected chi connectivity index (χ4v) is 3.34. The second-order valence-electron chi connectivity index (χ2n) is 5.02. The van der Waals surface area contributed by atoms with Crippen LogP contribution < -0.4 is 10.0 Å². The first-order valence-electron chi connectivity index (χ1n) is 7.08. The first-order valence-corrected chi connectivity index (χ1v) is 8.56. The molecule has 0 bridgehead atoms. The maximum Gasteiger partial charge on any atom is 0.241 e. The molecule has 2 N–H and O–H groups in total. The maximum atomic E-state index is 12.5. The average Bonchev–Trinajstić information content (AvgIpc) is 2.94. The summed E-state index contributed by atoms with van der Waals surface area (Å²) in [4.78, 5) is 11.2. The Morgan fingerprint density at radius 2 is 2.09 bits per heavy atom. The summed E-state index contributed by atoms with van der Waals surface area (Å²) in [5, 5.41) is 10.2. The third-order valence-electron chi connectivity index (χ3n) is 3.25. The highest BCUT2D eigenvalue weighted by atomic mass is 32.2. The molecular weight excluding hydrogens is 318 g/mol. The van der Waals surface area contributed by atoms with Crippen molar-refractivity contribution in [1.82, 2.24) is 19.5 Å². The van der Waals surface area contributed by atoms with Gasteiger partial charge in [-0.15, -0.1) is 10.2 Å². The lowest BCUT2D eigenvalue weighted by molar-refractivity contribution is -0.114. The van der Waals surface area contributed by atoms with Crippen LogP contribution in [-0.2, 0) is 27.9 Å². The van der Waals surface area contributed by atoms with Gasteiger partial charge < -0.3 is 9.88 Å². The van der Waals surface area contributed by atoms with Gasteiger partial charge in [0.05, 0.1) is 11.4 Å². The van der Waals surface area contributed by atoms with Crippen molar-refractivity contribution in [2.45, 2.75) is 38.8 Å². The van der Waals surface area contributed by atoms with Gasteiger partial charge in [-0.3, -0.25) is 4.79 Å². The minimum atomic E-state index is -3.73. The molecule has 0 aliphatic heterocycles. The number of anilines is 1. The quantitative estimate of drug-likeness (QED) is 0.819. The third-order valence-corrected chi connectivity index (χ3v) is 4.80. The van der Waals surface area contributed by atoms with Gasteiger partial charge in [0.2, 0.25) is 15.9 Å². The SMILES string of the molecule is CCn1cnnc1CNS(=O)(=O)c1cc(NC(C)=O)ccc1C. The average molecular weight is 337 g/mol. The molecule has 0 radical (unpaired) electrons. The van der Waals surface area contributed by atoms with Crippen molar-refractivity contribution < 1.29 is 13.2 Å². The predicted octanol–water partition coefficient (Wildman–Crippen LogP) is 1.04. The molecule has 0 unspecified atom stereocenters. The predicted molar refractivity (Wildman–Crippen MR) is 85.2 cm³/mol. The van der Waals surface area contributed by atoms with Gasteiger partial charge in [-0.2, -0.15) is 0 Å². The maximum absolute atomic E-state index is 12.5. The number of hydrogen-bond acceptors (Lipinski definition) is 5. The standard InChI is InChI=1S/C14H19N5O3S/c1-4-19-9-15-18-14(19)8-16-23(21,22)13-7-12(17-11(3)20)6-5-10(13)2/h5-7,9,16H,4,8H2,1-3H3,(H,17,20). The van der Waals surface area contributed by atoms with Crippen LogP contribution >= 0.6 is 0 Å². The number of sulfonamides is 1. The fraction of sp³-hybridized carbons (Fsp3) is 0.357. The number of hydrogen-bond donors (Lipinski definition) is 2. The molecular formula is C14H19N5O3S. The Labute approximate surface area is 135 Å². The van der Waals surface area contributed by atoms with Crippen molar-refractivity contribution in [2.24, 2.45) is 0 Å². The van der Waals surface area contributed by atoms with Crippen LogP contribution in [0.3, 0.4) is 0 Å². The van der Waals surface area contributed by atoms with Crippen LogP contribution in [-0.4, -0.2) is 29.1 Å². The van der Waals surface area contributed by atoms with Crippen LogP contribution in [0.1, 0.15) is 25.2 Å². The Morgan fingerprint density at radius 1 is 1.35 bits per heavy atom. The minimum absolute atomic E-state index is 0.0416. The van der Waals surface area contributed by atoms with Crippen LogP contribution in [0.15, 0.2) is 29.4 Å². The lowest BCUT2D eigenvalue weighted by atomic mass is 10.2. The molecule has 2 rings (SSSR count). The number of nitrogens with one attached hydrogen (secondary N) is 2. The molecule has 0 spiro atoms. The molecule has 2 aromatic rings. The summed E-state index contributed by atoms with van der Waals surface area (Å²) < 4.78 is 29.3. The van der Waals surface area contributed by atoms with Gasteiger partial charge in [0.25, 0.3) is 0 Å². The van der Waals surface area contributed by atoms with E-state index in [1.54, 1.807) is 30.0 Å². The molecule has 9 heteroatoms. The number of carbonyl (C=O) groups is 1. The first-order chi connectivity index (χ1) is 10.8. The summed E-state index contributed by atoms with van der Waals surface area (Å²) in [6.45, 7) is 5.67. The van der Waals surface area contributed by atoms with E-state index in [0.29, 0.717) is 23.6 Å². The van der Waals surface area contributed by atoms with Gasteiger partial charge in [-0.05, 0) is 31.5 Å². The summed E-state index contributed by atoms with van der Waals surface area (Å²) in [6, 6.07) is 4.74. The molecule has 8 nitrogen and oxygen atoms in total. The summed E-state index contributed by atoms with van der Waals surface area (Å²) in [5.74, 6) is 0.271. The Kier molecular flexibility index (Phi) is 5.12. The minimum Gasteiger partial charge on any atom is -0.326 e. The zero-order valence-corrected chi connectivity index (χ0v) is 14.0. The highest BCUT2D eigenvalue weighted by molar-refractivity contribution is 7.89. The van der Waals surface area contributed by atoms with E-state index in [0.717, 1.165) is 0 Å². The molecule has 1 aromatic heterocycles. The van der Waals surface area contributed by atoms with Crippen LogP contribution in [0.5, 0.6) is 0 Å². The van der Waals surface area contributed by atoms with Crippen molar-refractivity contribution in [2.75, 3.05) is 5.32 Å². The van der Waals surface area contributed by atoms with Crippen LogP contribution in [0.25, 0.3) is 0 Å². The van der Waals surface area contributed by atoms with E-state index in [-0.39, 0.29) is 17.3 Å². The summed E-state index contributed by atoms with van der Waals surface area (Å²) >= 11 is 0. The van der Waals surface area contributed by atoms with Gasteiger partial charge >= 0.3 is 0 Å². The number of aryl methyl sites for hydroxylation is 2. The van der Waals surface area contributed by atoms with Crippen molar-refractivity contribution in [3.63, 3.8) is 0 Å². The van der Waals surface area contributed by atoms with Crippen molar-refractivity contribution in [1.29, 1.82) is 0 Å². The van der Waals surface area contributed by atoms with E-state index in [2.05, 4.69) is 20.2 Å². The van der Waals surface area contributed by atoms with E-state index < -0.39 is 10.0 Å². The molecule has 1 heterocycles. The fourth-order valence-electron chi connectivity index (χ4n) is 2.09. The van der Waals surface area contributed by atoms with E-state index in [1.807, 2.05) is 6.92 Å². The molecule has 0 aliphatic rings. The largest absolute Gasteiger partial charge is 0.326 e. The molecule has 0 saturated carbocycles. The highest BCUT2D eigenvalue weighted by Crippen LogP contribution is 2.20. The van der Waals surface area contributed by atoms with E-state index >= 15 is 0 Å². The molecule has 1 amide bonds. The van der Waals surface area contributed by atoms with Crippen molar-refractivity contribution >= 4 is 21.6 Å². The normalized spacial score (nSPS) is 11.4. The molecule has 1 aromatic carbocycles. The number of aromatic nitrogens is 3. The first kappa shape index (κ1) is 17.1. The van der Waals surface area contributed by atoms with Gasteiger partial charge in [0.1, 0.15) is 12.2 Å². The lowest BCUT2D eigenvalue weighted by Crippen LogP contribution is -2.26. The van der Waals surface area contributed by atoms with Gasteiger partial charge in [-0.25, -0.2) is 13.1 Å². The molecule has 0 saturated heterocycles. The molecule has 0 atom stereocenters. The zero-order chi connectivity index (χ0) is 17.0. The topological polar surface area (TPSA) is 106 Å². The second-order valence-corrected chi connectivity index (χ2v) is 6.75. The molecule has 23 heavy (non-hydrogen) atoms. The Morgan fingerprint density at radius 3 is 2.74 bits per heavy atom. The molecule has 0 aliphatic carbocycles. The van der Waals surface area contributed by atoms with E-state index in [1.165, 1.54) is 13.0 Å². The number of rotatable bonds is 6. The summed E-state index contributed by atoms with van der Waals surface area (Å²) in [5.41, 5.74) is 1.02. The van der Waals surface area contributed by atoms with E-state index in [9.17, 15) is 13.2 Å². The monoisotopic (exact) mass is 337 g/mol. The van der Waals surface area contributed by atoms with Crippen LogP contribution in [0, 0.1) is 6.92 Å².